The summed E-state index contributed by atoms with van der Waals surface area (Å²) in [5.74, 6) is 1.41. The molecule has 0 saturated heterocycles. The molecule has 0 spiro atoms. The topological polar surface area (TPSA) is 40.5 Å². The first-order valence-electron chi connectivity index (χ1n) is 10.5. The quantitative estimate of drug-likeness (QED) is 0.596. The zero-order valence-corrected chi connectivity index (χ0v) is 18.7. The molecule has 2 rings (SSSR count). The van der Waals surface area contributed by atoms with Crippen LogP contribution in [0.2, 0.25) is 0 Å². The van der Waals surface area contributed by atoms with Gasteiger partial charge in [0.05, 0.1) is 12.2 Å². The summed E-state index contributed by atoms with van der Waals surface area (Å²) < 4.78 is 0. The van der Waals surface area contributed by atoms with Gasteiger partial charge in [0.15, 0.2) is 0 Å². The first-order chi connectivity index (χ1) is 11.7. The van der Waals surface area contributed by atoms with Crippen LogP contribution in [0.3, 0.4) is 0 Å². The van der Waals surface area contributed by atoms with E-state index in [9.17, 15) is 10.2 Å². The minimum absolute atomic E-state index is 0.00632. The second kappa shape index (κ2) is 7.09. The van der Waals surface area contributed by atoms with Gasteiger partial charge >= 0.3 is 0 Å². The largest absolute Gasteiger partial charge is 0.388 e. The molecular formula is C24H42O2. The van der Waals surface area contributed by atoms with Gasteiger partial charge in [-0.3, -0.25) is 0 Å². The Labute approximate surface area is 161 Å². The van der Waals surface area contributed by atoms with E-state index in [0.29, 0.717) is 17.8 Å². The van der Waals surface area contributed by atoms with Gasteiger partial charge in [0.1, 0.15) is 0 Å². The third kappa shape index (κ3) is 3.83. The zero-order valence-electron chi connectivity index (χ0n) is 18.7. The first-order valence-corrected chi connectivity index (χ1v) is 10.5. The Morgan fingerprint density at radius 2 is 1.46 bits per heavy atom. The maximum absolute atomic E-state index is 11.4. The van der Waals surface area contributed by atoms with Crippen LogP contribution >= 0.6 is 0 Å². The zero-order chi connectivity index (χ0) is 20.2. The van der Waals surface area contributed by atoms with E-state index in [1.165, 1.54) is 5.57 Å². The minimum atomic E-state index is -0.508. The van der Waals surface area contributed by atoms with Gasteiger partial charge in [-0.1, -0.05) is 74.0 Å². The SMILES string of the molecule is CC1=C(C2C(C)[C@@H](C)C=C(C(C)(C)C)[C@H]2O)[C@@H](O)[C@@H](C(C)(C)C)C[C@H]1C. The predicted octanol–water partition coefficient (Wildman–Crippen LogP) is 5.60. The Bertz CT molecular complexity index is 584. The molecule has 0 aliphatic heterocycles. The van der Waals surface area contributed by atoms with Gasteiger partial charge in [0, 0.05) is 5.92 Å². The van der Waals surface area contributed by atoms with Crippen LogP contribution in [-0.2, 0) is 0 Å². The highest BCUT2D eigenvalue weighted by molar-refractivity contribution is 5.34. The molecule has 26 heavy (non-hydrogen) atoms. The van der Waals surface area contributed by atoms with Gasteiger partial charge < -0.3 is 10.2 Å². The molecule has 0 fully saturated rings. The molecule has 150 valence electrons. The van der Waals surface area contributed by atoms with Gasteiger partial charge in [-0.05, 0) is 59.0 Å². The average Bonchev–Trinajstić information content (AvgIpc) is 2.47. The molecular weight excluding hydrogens is 320 g/mol. The summed E-state index contributed by atoms with van der Waals surface area (Å²) in [5.41, 5.74) is 3.55. The molecule has 0 aromatic rings. The molecule has 2 nitrogen and oxygen atoms in total. The lowest BCUT2D eigenvalue weighted by atomic mass is 9.58. The fourth-order valence-electron chi connectivity index (χ4n) is 5.20. The third-order valence-electron chi connectivity index (χ3n) is 7.34. The van der Waals surface area contributed by atoms with Crippen LogP contribution in [0.4, 0.5) is 0 Å². The van der Waals surface area contributed by atoms with Crippen molar-refractivity contribution in [3.63, 3.8) is 0 Å². The van der Waals surface area contributed by atoms with Crippen molar-refractivity contribution >= 4 is 0 Å². The second-order valence-corrected chi connectivity index (χ2v) is 11.3. The monoisotopic (exact) mass is 362 g/mol. The van der Waals surface area contributed by atoms with Crippen LogP contribution in [-0.4, -0.2) is 22.4 Å². The number of aliphatic hydroxyl groups is 2. The Hall–Kier alpha value is -0.600. The molecule has 2 aliphatic rings. The van der Waals surface area contributed by atoms with Crippen molar-refractivity contribution in [3.05, 3.63) is 22.8 Å². The van der Waals surface area contributed by atoms with Gasteiger partial charge in [-0.2, -0.15) is 0 Å². The Kier molecular flexibility index (Phi) is 5.92. The summed E-state index contributed by atoms with van der Waals surface area (Å²) >= 11 is 0. The van der Waals surface area contributed by atoms with Crippen molar-refractivity contribution in [2.75, 3.05) is 0 Å². The van der Waals surface area contributed by atoms with Crippen molar-refractivity contribution in [2.24, 2.45) is 40.4 Å². The van der Waals surface area contributed by atoms with Crippen molar-refractivity contribution in [1.82, 2.24) is 0 Å². The highest BCUT2D eigenvalue weighted by Crippen LogP contribution is 2.51. The average molecular weight is 363 g/mol. The molecule has 0 bridgehead atoms. The van der Waals surface area contributed by atoms with E-state index in [-0.39, 0.29) is 22.7 Å². The van der Waals surface area contributed by atoms with Crippen molar-refractivity contribution in [3.8, 4) is 0 Å². The Morgan fingerprint density at radius 1 is 0.923 bits per heavy atom. The normalized spacial score (nSPS) is 39.8. The number of aliphatic hydroxyl groups excluding tert-OH is 2. The summed E-state index contributed by atoms with van der Waals surface area (Å²) in [5, 5.41) is 22.8. The molecule has 0 aromatic heterocycles. The fourth-order valence-corrected chi connectivity index (χ4v) is 5.20. The van der Waals surface area contributed by atoms with Crippen LogP contribution in [0, 0.1) is 40.4 Å². The predicted molar refractivity (Wildman–Crippen MR) is 111 cm³/mol. The highest BCUT2D eigenvalue weighted by Gasteiger charge is 2.47. The smallest absolute Gasteiger partial charge is 0.0824 e. The van der Waals surface area contributed by atoms with Crippen molar-refractivity contribution < 1.29 is 10.2 Å². The molecule has 2 N–H and O–H groups in total. The maximum atomic E-state index is 11.4. The van der Waals surface area contributed by atoms with E-state index in [4.69, 9.17) is 0 Å². The summed E-state index contributed by atoms with van der Waals surface area (Å²) in [7, 11) is 0. The molecule has 0 amide bonds. The van der Waals surface area contributed by atoms with E-state index in [1.54, 1.807) is 0 Å². The van der Waals surface area contributed by atoms with Gasteiger partial charge in [0.25, 0.3) is 0 Å². The lowest BCUT2D eigenvalue weighted by Gasteiger charge is -2.49. The molecule has 0 aromatic carbocycles. The second-order valence-electron chi connectivity index (χ2n) is 11.3. The number of hydrogen-bond acceptors (Lipinski definition) is 2. The maximum Gasteiger partial charge on any atom is 0.0824 e. The number of rotatable bonds is 1. The minimum Gasteiger partial charge on any atom is -0.388 e. The third-order valence-corrected chi connectivity index (χ3v) is 7.34. The van der Waals surface area contributed by atoms with Crippen molar-refractivity contribution in [1.29, 1.82) is 0 Å². The molecule has 0 saturated carbocycles. The van der Waals surface area contributed by atoms with E-state index in [1.807, 2.05) is 0 Å². The van der Waals surface area contributed by atoms with Crippen LogP contribution in [0.25, 0.3) is 0 Å². The fraction of sp³-hybridized carbons (Fsp3) is 0.833. The molecule has 0 radical (unpaired) electrons. The van der Waals surface area contributed by atoms with E-state index in [2.05, 4.69) is 75.3 Å². The molecule has 7 atom stereocenters. The summed E-state index contributed by atoms with van der Waals surface area (Å²) in [6.07, 6.45) is 2.34. The molecule has 2 heteroatoms. The van der Waals surface area contributed by atoms with Crippen LogP contribution in [0.5, 0.6) is 0 Å². The lowest BCUT2D eigenvalue weighted by molar-refractivity contribution is 0.00966. The lowest BCUT2D eigenvalue weighted by Crippen LogP contribution is -2.47. The Morgan fingerprint density at radius 3 is 1.92 bits per heavy atom. The summed E-state index contributed by atoms with van der Waals surface area (Å²) in [6.45, 7) is 22.2. The first kappa shape index (κ1) is 21.7. The summed E-state index contributed by atoms with van der Waals surface area (Å²) in [4.78, 5) is 0. The molecule has 0 heterocycles. The highest BCUT2D eigenvalue weighted by atomic mass is 16.3. The number of allylic oxidation sites excluding steroid dienone is 2. The van der Waals surface area contributed by atoms with Crippen LogP contribution in [0.15, 0.2) is 22.8 Å². The van der Waals surface area contributed by atoms with Crippen molar-refractivity contribution in [2.45, 2.75) is 87.9 Å². The van der Waals surface area contributed by atoms with E-state index >= 15 is 0 Å². The van der Waals surface area contributed by atoms with E-state index in [0.717, 1.165) is 17.6 Å². The van der Waals surface area contributed by atoms with Gasteiger partial charge in [0.2, 0.25) is 0 Å². The molecule has 2 aliphatic carbocycles. The van der Waals surface area contributed by atoms with Crippen LogP contribution in [0.1, 0.15) is 75.7 Å². The van der Waals surface area contributed by atoms with Gasteiger partial charge in [-0.25, -0.2) is 0 Å². The number of hydrogen-bond donors (Lipinski definition) is 2. The van der Waals surface area contributed by atoms with Crippen LogP contribution < -0.4 is 0 Å². The van der Waals surface area contributed by atoms with Gasteiger partial charge in [-0.15, -0.1) is 0 Å². The van der Waals surface area contributed by atoms with E-state index < -0.39 is 12.2 Å². The standard InChI is InChI=1S/C24H42O2/c1-13-11-17(23(5,6)7)21(25)19(15(13)3)20-16(4)14(2)12-18(22(20)26)24(8,9)10/h11,13-15,18-19,21-22,25-26H,12H2,1-10H3/t13-,14+,15?,18-,19?,21+,22-/m0/s1. The Balaban J connectivity index is 2.56. The molecule has 2 unspecified atom stereocenters. The summed E-state index contributed by atoms with van der Waals surface area (Å²) in [6, 6.07) is 0.